The number of anilines is 1. The van der Waals surface area contributed by atoms with Gasteiger partial charge in [0, 0.05) is 37.9 Å². The fourth-order valence-corrected chi connectivity index (χ4v) is 4.86. The van der Waals surface area contributed by atoms with Gasteiger partial charge in [-0.05, 0) is 42.5 Å². The van der Waals surface area contributed by atoms with Crippen LogP contribution in [0.4, 0.5) is 23.2 Å². The normalized spacial score (nSPS) is 15.1. The molecule has 3 heterocycles. The molecule has 1 saturated heterocycles. The van der Waals surface area contributed by atoms with Gasteiger partial charge in [-0.2, -0.15) is 5.10 Å². The summed E-state index contributed by atoms with van der Waals surface area (Å²) in [5.74, 6) is -0.773. The van der Waals surface area contributed by atoms with Crippen LogP contribution in [-0.4, -0.2) is 60.0 Å². The number of piperidine rings is 1. The molecule has 0 spiro atoms. The Kier molecular flexibility index (Phi) is 6.59. The fourth-order valence-electron chi connectivity index (χ4n) is 4.23. The van der Waals surface area contributed by atoms with E-state index in [0.717, 1.165) is 18.0 Å². The molecule has 2 aromatic heterocycles. The van der Waals surface area contributed by atoms with Gasteiger partial charge in [0.1, 0.15) is 35.1 Å². The fraction of sp³-hybridized carbons (Fsp3) is 0.292. The van der Waals surface area contributed by atoms with Crippen LogP contribution in [-0.2, 0) is 9.84 Å². The number of halogens is 4. The first-order valence-corrected chi connectivity index (χ1v) is 13.3. The number of sulfone groups is 1. The number of rotatable bonds is 6. The van der Waals surface area contributed by atoms with Crippen molar-refractivity contribution in [3.05, 3.63) is 60.8 Å². The van der Waals surface area contributed by atoms with Gasteiger partial charge in [-0.15, -0.1) is 13.2 Å². The lowest BCUT2D eigenvalue weighted by atomic mass is 10.1. The third-order valence-corrected chi connectivity index (χ3v) is 7.17. The number of nitrogens with zero attached hydrogens (tertiary/aromatic N) is 5. The van der Waals surface area contributed by atoms with Gasteiger partial charge in [0.15, 0.2) is 15.5 Å². The molecule has 5 rings (SSSR count). The summed E-state index contributed by atoms with van der Waals surface area (Å²) in [6.45, 7) is 1.21. The van der Waals surface area contributed by atoms with E-state index in [1.54, 1.807) is 12.1 Å². The van der Waals surface area contributed by atoms with Crippen molar-refractivity contribution in [2.24, 2.45) is 0 Å². The van der Waals surface area contributed by atoms with E-state index in [0.29, 0.717) is 37.0 Å². The number of alkyl halides is 3. The molecule has 1 fully saturated rings. The first-order valence-electron chi connectivity index (χ1n) is 11.4. The largest absolute Gasteiger partial charge is 0.573 e. The molecule has 14 heteroatoms. The lowest BCUT2D eigenvalue weighted by Crippen LogP contribution is -2.38. The molecule has 200 valence electrons. The Hall–Kier alpha value is -3.94. The summed E-state index contributed by atoms with van der Waals surface area (Å²) in [4.78, 5) is 10.3. The van der Waals surface area contributed by atoms with Crippen LogP contribution in [0.5, 0.6) is 11.6 Å². The van der Waals surface area contributed by atoms with Crippen LogP contribution in [0.3, 0.4) is 0 Å². The molecule has 1 aliphatic heterocycles. The Morgan fingerprint density at radius 1 is 1.03 bits per heavy atom. The van der Waals surface area contributed by atoms with Gasteiger partial charge in [0.25, 0.3) is 0 Å². The predicted molar refractivity (Wildman–Crippen MR) is 129 cm³/mol. The minimum atomic E-state index is -4.74. The van der Waals surface area contributed by atoms with Crippen molar-refractivity contribution in [2.75, 3.05) is 24.2 Å². The summed E-state index contributed by atoms with van der Waals surface area (Å²) in [6, 6.07) is 9.25. The summed E-state index contributed by atoms with van der Waals surface area (Å²) in [5, 5.41) is 4.67. The highest BCUT2D eigenvalue weighted by Gasteiger charge is 2.31. The minimum Gasteiger partial charge on any atom is -0.474 e. The Morgan fingerprint density at radius 3 is 2.37 bits per heavy atom. The third-order valence-electron chi connectivity index (χ3n) is 6.06. The van der Waals surface area contributed by atoms with Gasteiger partial charge >= 0.3 is 6.36 Å². The van der Waals surface area contributed by atoms with Crippen molar-refractivity contribution in [3.63, 3.8) is 0 Å². The molecule has 0 aliphatic carbocycles. The van der Waals surface area contributed by atoms with Crippen LogP contribution >= 0.6 is 0 Å². The molecule has 0 unspecified atom stereocenters. The van der Waals surface area contributed by atoms with E-state index in [1.807, 2.05) is 4.90 Å². The van der Waals surface area contributed by atoms with E-state index in [4.69, 9.17) is 4.74 Å². The first-order chi connectivity index (χ1) is 18.0. The Bertz CT molecular complexity index is 1570. The Morgan fingerprint density at radius 2 is 1.74 bits per heavy atom. The monoisotopic (exact) mass is 551 g/mol. The van der Waals surface area contributed by atoms with Gasteiger partial charge < -0.3 is 14.4 Å². The zero-order valence-electron chi connectivity index (χ0n) is 19.9. The smallest absolute Gasteiger partial charge is 0.474 e. The third kappa shape index (κ3) is 5.49. The number of fused-ring (bicyclic) bond motifs is 1. The number of hydrogen-bond donors (Lipinski definition) is 0. The molecular formula is C24H21F4N5O4S. The van der Waals surface area contributed by atoms with Crippen LogP contribution in [0.15, 0.2) is 59.9 Å². The SMILES string of the molecule is CS(=O)(=O)c1ccc(-n2ncc3c(OC4CCN(c5ccc(OC(F)(F)F)cc5)CC4)ncnc32)c(F)c1. The molecule has 2 aromatic carbocycles. The van der Waals surface area contributed by atoms with Gasteiger partial charge in [-0.1, -0.05) is 0 Å². The van der Waals surface area contributed by atoms with Crippen LogP contribution < -0.4 is 14.4 Å². The summed E-state index contributed by atoms with van der Waals surface area (Å²) >= 11 is 0. The summed E-state index contributed by atoms with van der Waals surface area (Å²) in [5.41, 5.74) is 1.09. The first kappa shape index (κ1) is 25.7. The molecule has 0 N–H and O–H groups in total. The van der Waals surface area contributed by atoms with Crippen molar-refractivity contribution in [3.8, 4) is 17.3 Å². The van der Waals surface area contributed by atoms with Gasteiger partial charge in [0.2, 0.25) is 5.88 Å². The average molecular weight is 552 g/mol. The zero-order chi connectivity index (χ0) is 27.1. The Labute approximate surface area is 214 Å². The predicted octanol–water partition coefficient (Wildman–Crippen LogP) is 4.30. The standard InChI is InChI=1S/C24H21F4N5O4S/c1-38(34,35)18-6-7-21(20(25)12-18)33-22-19(13-31-33)23(30-14-29-22)36-16-8-10-32(11-9-16)15-2-4-17(5-3-15)37-24(26,27)28/h2-7,12-14,16H,8-11H2,1H3. The second kappa shape index (κ2) is 9.74. The van der Waals surface area contributed by atoms with Crippen molar-refractivity contribution >= 4 is 26.6 Å². The summed E-state index contributed by atoms with van der Waals surface area (Å²) in [7, 11) is -3.57. The molecule has 0 amide bonds. The number of ether oxygens (including phenoxy) is 2. The molecule has 0 radical (unpaired) electrons. The Balaban J connectivity index is 1.28. The van der Waals surface area contributed by atoms with Crippen LogP contribution in [0, 0.1) is 5.82 Å². The van der Waals surface area contributed by atoms with Gasteiger partial charge in [0.05, 0.1) is 11.1 Å². The molecule has 4 aromatic rings. The highest BCUT2D eigenvalue weighted by molar-refractivity contribution is 7.90. The van der Waals surface area contributed by atoms with Gasteiger partial charge in [-0.25, -0.2) is 27.5 Å². The molecular weight excluding hydrogens is 530 g/mol. The number of aromatic nitrogens is 4. The van der Waals surface area contributed by atoms with E-state index < -0.39 is 22.0 Å². The van der Waals surface area contributed by atoms with Crippen LogP contribution in [0.1, 0.15) is 12.8 Å². The second-order valence-corrected chi connectivity index (χ2v) is 10.7. The molecule has 0 atom stereocenters. The van der Waals surface area contributed by atoms with Crippen molar-refractivity contribution < 1.29 is 35.5 Å². The maximum absolute atomic E-state index is 14.8. The zero-order valence-corrected chi connectivity index (χ0v) is 20.7. The summed E-state index contributed by atoms with van der Waals surface area (Å²) < 4.78 is 86.6. The second-order valence-electron chi connectivity index (χ2n) is 8.70. The average Bonchev–Trinajstić information content (AvgIpc) is 3.28. The van der Waals surface area contributed by atoms with Crippen LogP contribution in [0.2, 0.25) is 0 Å². The maximum Gasteiger partial charge on any atom is 0.573 e. The van der Waals surface area contributed by atoms with E-state index in [9.17, 15) is 26.0 Å². The van der Waals surface area contributed by atoms with Crippen LogP contribution in [0.25, 0.3) is 16.7 Å². The van der Waals surface area contributed by atoms with Gasteiger partial charge in [-0.3, -0.25) is 0 Å². The highest BCUT2D eigenvalue weighted by Crippen LogP contribution is 2.30. The van der Waals surface area contributed by atoms with E-state index in [2.05, 4.69) is 19.8 Å². The molecule has 0 bridgehead atoms. The van der Waals surface area contributed by atoms with E-state index in [-0.39, 0.29) is 28.3 Å². The lowest BCUT2D eigenvalue weighted by molar-refractivity contribution is -0.274. The lowest BCUT2D eigenvalue weighted by Gasteiger charge is -2.33. The van der Waals surface area contributed by atoms with Crippen molar-refractivity contribution in [1.29, 1.82) is 0 Å². The van der Waals surface area contributed by atoms with Crippen molar-refractivity contribution in [2.45, 2.75) is 30.2 Å². The number of hydrogen-bond acceptors (Lipinski definition) is 8. The van der Waals surface area contributed by atoms with E-state index >= 15 is 0 Å². The maximum atomic E-state index is 14.8. The summed E-state index contributed by atoms with van der Waals surface area (Å²) in [6.07, 6.45) is 0.0506. The molecule has 0 saturated carbocycles. The topological polar surface area (TPSA) is 99.4 Å². The quantitative estimate of drug-likeness (QED) is 0.327. The minimum absolute atomic E-state index is 0.0250. The molecule has 9 nitrogen and oxygen atoms in total. The molecule has 38 heavy (non-hydrogen) atoms. The van der Waals surface area contributed by atoms with E-state index in [1.165, 1.54) is 41.5 Å². The molecule has 1 aliphatic rings. The van der Waals surface area contributed by atoms with Crippen molar-refractivity contribution in [1.82, 2.24) is 19.7 Å². The highest BCUT2D eigenvalue weighted by atomic mass is 32.2. The number of benzene rings is 2.